The molecule has 0 saturated carbocycles. The molecule has 18 heavy (non-hydrogen) atoms. The molecule has 0 saturated heterocycles. The highest BCUT2D eigenvalue weighted by Gasteiger charge is 2.26. The van der Waals surface area contributed by atoms with Gasteiger partial charge >= 0.3 is 6.18 Å². The highest BCUT2D eigenvalue weighted by molar-refractivity contribution is 5.96. The predicted octanol–water partition coefficient (Wildman–Crippen LogP) is 3.37. The van der Waals surface area contributed by atoms with Gasteiger partial charge in [0.2, 0.25) is 0 Å². The standard InChI is InChI=1S/C12H12F4O2/c13-10-3-1-9(2-4-10)11(17)5-7-18-8-6-12(14,15)16/h1-4H,5-8H2. The lowest BCUT2D eigenvalue weighted by Crippen LogP contribution is -2.13. The summed E-state index contributed by atoms with van der Waals surface area (Å²) in [6, 6.07) is 4.95. The fourth-order valence-corrected chi connectivity index (χ4v) is 1.23. The molecular weight excluding hydrogens is 252 g/mol. The lowest BCUT2D eigenvalue weighted by atomic mass is 10.1. The largest absolute Gasteiger partial charge is 0.391 e. The van der Waals surface area contributed by atoms with Crippen LogP contribution < -0.4 is 0 Å². The van der Waals surface area contributed by atoms with Crippen molar-refractivity contribution < 1.29 is 27.1 Å². The van der Waals surface area contributed by atoms with Gasteiger partial charge in [0.25, 0.3) is 0 Å². The van der Waals surface area contributed by atoms with Crippen molar-refractivity contribution >= 4 is 5.78 Å². The summed E-state index contributed by atoms with van der Waals surface area (Å²) in [6.07, 6.45) is -5.30. The van der Waals surface area contributed by atoms with Crippen LogP contribution in [0.15, 0.2) is 24.3 Å². The summed E-state index contributed by atoms with van der Waals surface area (Å²) in [7, 11) is 0. The SMILES string of the molecule is O=C(CCOCCC(F)(F)F)c1ccc(F)cc1. The Kier molecular flexibility index (Phi) is 5.27. The maximum absolute atomic E-state index is 12.6. The van der Waals surface area contributed by atoms with Gasteiger partial charge in [-0.05, 0) is 24.3 Å². The minimum atomic E-state index is -4.25. The molecular formula is C12H12F4O2. The van der Waals surface area contributed by atoms with Crippen molar-refractivity contribution in [1.82, 2.24) is 0 Å². The molecule has 0 bridgehead atoms. The Bertz CT molecular complexity index is 384. The Hall–Kier alpha value is -1.43. The van der Waals surface area contributed by atoms with Gasteiger partial charge in [-0.2, -0.15) is 13.2 Å². The quantitative estimate of drug-likeness (QED) is 0.447. The van der Waals surface area contributed by atoms with Gasteiger partial charge in [-0.3, -0.25) is 4.79 Å². The van der Waals surface area contributed by atoms with Crippen LogP contribution in [-0.4, -0.2) is 25.2 Å². The number of benzene rings is 1. The molecule has 0 N–H and O–H groups in total. The van der Waals surface area contributed by atoms with E-state index in [0.29, 0.717) is 5.56 Å². The number of carbonyl (C=O) groups excluding carboxylic acids is 1. The van der Waals surface area contributed by atoms with Crippen molar-refractivity contribution in [3.05, 3.63) is 35.6 Å². The third-order valence-corrected chi connectivity index (χ3v) is 2.17. The molecule has 1 rings (SSSR count). The van der Waals surface area contributed by atoms with E-state index in [4.69, 9.17) is 4.74 Å². The molecule has 0 aliphatic rings. The van der Waals surface area contributed by atoms with Crippen LogP contribution in [-0.2, 0) is 4.74 Å². The van der Waals surface area contributed by atoms with Gasteiger partial charge in [-0.1, -0.05) is 0 Å². The Morgan fingerprint density at radius 2 is 1.72 bits per heavy atom. The molecule has 0 amide bonds. The normalized spacial score (nSPS) is 11.6. The zero-order valence-corrected chi connectivity index (χ0v) is 9.47. The van der Waals surface area contributed by atoms with E-state index in [0.717, 1.165) is 12.1 Å². The van der Waals surface area contributed by atoms with Crippen LogP contribution in [0.3, 0.4) is 0 Å². The van der Waals surface area contributed by atoms with Crippen LogP contribution in [0.2, 0.25) is 0 Å². The van der Waals surface area contributed by atoms with E-state index >= 15 is 0 Å². The number of rotatable bonds is 6. The number of alkyl halides is 3. The molecule has 0 aliphatic carbocycles. The predicted molar refractivity (Wildman–Crippen MR) is 56.8 cm³/mol. The minimum Gasteiger partial charge on any atom is -0.381 e. The van der Waals surface area contributed by atoms with Gasteiger partial charge in [-0.25, -0.2) is 4.39 Å². The molecule has 0 aliphatic heterocycles. The Labute approximate surface area is 102 Å². The lowest BCUT2D eigenvalue weighted by molar-refractivity contribution is -0.145. The molecule has 1 aromatic rings. The second-order valence-corrected chi connectivity index (χ2v) is 3.66. The lowest BCUT2D eigenvalue weighted by Gasteiger charge is -2.06. The first-order valence-corrected chi connectivity index (χ1v) is 5.32. The molecule has 0 fully saturated rings. The summed E-state index contributed by atoms with van der Waals surface area (Å²) in [6.45, 7) is -0.535. The molecule has 0 heterocycles. The van der Waals surface area contributed by atoms with Gasteiger partial charge in [0, 0.05) is 12.0 Å². The van der Waals surface area contributed by atoms with E-state index < -0.39 is 25.0 Å². The molecule has 0 atom stereocenters. The first kappa shape index (κ1) is 14.6. The fraction of sp³-hybridized carbons (Fsp3) is 0.417. The van der Waals surface area contributed by atoms with Crippen molar-refractivity contribution in [3.8, 4) is 0 Å². The molecule has 0 radical (unpaired) electrons. The maximum Gasteiger partial charge on any atom is 0.391 e. The summed E-state index contributed by atoms with van der Waals surface area (Å²) < 4.78 is 52.6. The molecule has 0 unspecified atom stereocenters. The molecule has 100 valence electrons. The Morgan fingerprint density at radius 1 is 1.11 bits per heavy atom. The number of halogens is 4. The van der Waals surface area contributed by atoms with E-state index in [-0.39, 0.29) is 18.8 Å². The van der Waals surface area contributed by atoms with Crippen molar-refractivity contribution in [3.63, 3.8) is 0 Å². The second-order valence-electron chi connectivity index (χ2n) is 3.66. The van der Waals surface area contributed by atoms with Crippen molar-refractivity contribution in [2.45, 2.75) is 19.0 Å². The highest BCUT2D eigenvalue weighted by Crippen LogP contribution is 2.19. The average molecular weight is 264 g/mol. The van der Waals surface area contributed by atoms with Crippen LogP contribution in [0, 0.1) is 5.82 Å². The highest BCUT2D eigenvalue weighted by atomic mass is 19.4. The number of hydrogen-bond acceptors (Lipinski definition) is 2. The van der Waals surface area contributed by atoms with Crippen LogP contribution in [0.1, 0.15) is 23.2 Å². The monoisotopic (exact) mass is 264 g/mol. The summed E-state index contributed by atoms with van der Waals surface area (Å²) in [5.74, 6) is -0.741. The summed E-state index contributed by atoms with van der Waals surface area (Å²) in [5.41, 5.74) is 0.316. The smallest absolute Gasteiger partial charge is 0.381 e. The number of carbonyl (C=O) groups is 1. The first-order valence-electron chi connectivity index (χ1n) is 5.32. The zero-order chi connectivity index (χ0) is 13.6. The van der Waals surface area contributed by atoms with Crippen LogP contribution in [0.4, 0.5) is 17.6 Å². The topological polar surface area (TPSA) is 26.3 Å². The van der Waals surface area contributed by atoms with Crippen molar-refractivity contribution in [1.29, 1.82) is 0 Å². The van der Waals surface area contributed by atoms with E-state index in [9.17, 15) is 22.4 Å². The van der Waals surface area contributed by atoms with Crippen molar-refractivity contribution in [2.24, 2.45) is 0 Å². The maximum atomic E-state index is 12.6. The summed E-state index contributed by atoms with van der Waals surface area (Å²) in [5, 5.41) is 0. The molecule has 6 heteroatoms. The van der Waals surface area contributed by atoms with Gasteiger partial charge in [0.05, 0.1) is 19.6 Å². The third-order valence-electron chi connectivity index (χ3n) is 2.17. The van der Waals surface area contributed by atoms with Crippen LogP contribution in [0.25, 0.3) is 0 Å². The Morgan fingerprint density at radius 3 is 2.28 bits per heavy atom. The van der Waals surface area contributed by atoms with Gasteiger partial charge in [-0.15, -0.1) is 0 Å². The van der Waals surface area contributed by atoms with E-state index in [1.165, 1.54) is 12.1 Å². The number of Topliss-reactive ketones (excluding diaryl/α,β-unsaturated/α-hetero) is 1. The Balaban J connectivity index is 2.24. The first-order chi connectivity index (χ1) is 8.38. The number of ketones is 1. The molecule has 2 nitrogen and oxygen atoms in total. The summed E-state index contributed by atoms with van der Waals surface area (Å²) in [4.78, 5) is 11.5. The van der Waals surface area contributed by atoms with Gasteiger partial charge < -0.3 is 4.74 Å². The fourth-order valence-electron chi connectivity index (χ4n) is 1.23. The second kappa shape index (κ2) is 6.49. The number of hydrogen-bond donors (Lipinski definition) is 0. The van der Waals surface area contributed by atoms with Crippen LogP contribution >= 0.6 is 0 Å². The third kappa shape index (κ3) is 5.77. The van der Waals surface area contributed by atoms with Crippen molar-refractivity contribution in [2.75, 3.05) is 13.2 Å². The van der Waals surface area contributed by atoms with Crippen LogP contribution in [0.5, 0.6) is 0 Å². The molecule has 0 aromatic heterocycles. The summed E-state index contributed by atoms with van der Waals surface area (Å²) >= 11 is 0. The van der Waals surface area contributed by atoms with E-state index in [2.05, 4.69) is 0 Å². The number of ether oxygens (including phenoxy) is 1. The molecule has 1 aromatic carbocycles. The molecule has 0 spiro atoms. The van der Waals surface area contributed by atoms with Gasteiger partial charge in [0.1, 0.15) is 5.82 Å². The van der Waals surface area contributed by atoms with E-state index in [1.54, 1.807) is 0 Å². The van der Waals surface area contributed by atoms with Gasteiger partial charge in [0.15, 0.2) is 5.78 Å². The minimum absolute atomic E-state index is 0.0243. The van der Waals surface area contributed by atoms with E-state index in [1.807, 2.05) is 0 Å². The average Bonchev–Trinajstić information content (AvgIpc) is 2.27. The zero-order valence-electron chi connectivity index (χ0n) is 9.47.